The molecule has 0 N–H and O–H groups in total. The number of nitrogens with zero attached hydrogens (tertiary/aromatic N) is 3. The van der Waals surface area contributed by atoms with E-state index in [0.717, 1.165) is 5.01 Å². The van der Waals surface area contributed by atoms with Crippen molar-refractivity contribution in [3.05, 3.63) is 68.5 Å². The van der Waals surface area contributed by atoms with E-state index in [1.165, 1.54) is 37.6 Å². The minimum atomic E-state index is -0.833. The number of anilines is 1. The molecule has 9 nitrogen and oxygen atoms in total. The average Bonchev–Trinajstić information content (AvgIpc) is 3.46. The van der Waals surface area contributed by atoms with Gasteiger partial charge in [-0.2, -0.15) is 0 Å². The van der Waals surface area contributed by atoms with Crippen molar-refractivity contribution in [2.75, 3.05) is 26.2 Å². The SMILES string of the molecule is COc1cc([C@@H]2c3c(oc4ccccc4c3=O)C(=O)N2c2nnc(C(C)C)s2)cc(OC)c1OC. The lowest BCUT2D eigenvalue weighted by Gasteiger charge is -2.24. The number of benzene rings is 2. The molecule has 3 heterocycles. The van der Waals surface area contributed by atoms with E-state index < -0.39 is 11.9 Å². The van der Waals surface area contributed by atoms with Crippen molar-refractivity contribution in [3.63, 3.8) is 0 Å². The molecule has 1 atom stereocenters. The summed E-state index contributed by atoms with van der Waals surface area (Å²) in [5, 5.41) is 10.1. The predicted octanol–water partition coefficient (Wildman–Crippen LogP) is 4.54. The normalized spacial score (nSPS) is 15.1. The first-order valence-electron chi connectivity index (χ1n) is 10.9. The topological polar surface area (TPSA) is 104 Å². The van der Waals surface area contributed by atoms with Gasteiger partial charge in [0.25, 0.3) is 5.91 Å². The van der Waals surface area contributed by atoms with Gasteiger partial charge in [0.1, 0.15) is 10.6 Å². The highest BCUT2D eigenvalue weighted by Gasteiger charge is 2.45. The van der Waals surface area contributed by atoms with Crippen molar-refractivity contribution < 1.29 is 23.4 Å². The van der Waals surface area contributed by atoms with Gasteiger partial charge in [-0.25, -0.2) is 0 Å². The Labute approximate surface area is 204 Å². The summed E-state index contributed by atoms with van der Waals surface area (Å²) in [4.78, 5) is 28.9. The number of methoxy groups -OCH3 is 3. The smallest absolute Gasteiger partial charge is 0.297 e. The Bertz CT molecular complexity index is 1480. The number of fused-ring (bicyclic) bond motifs is 2. The highest BCUT2D eigenvalue weighted by molar-refractivity contribution is 7.15. The second-order valence-electron chi connectivity index (χ2n) is 8.28. The highest BCUT2D eigenvalue weighted by atomic mass is 32.1. The number of aromatic nitrogens is 2. The van der Waals surface area contributed by atoms with Gasteiger partial charge in [-0.15, -0.1) is 10.2 Å². The van der Waals surface area contributed by atoms with Gasteiger partial charge < -0.3 is 18.6 Å². The van der Waals surface area contributed by atoms with Crippen LogP contribution in [-0.2, 0) is 0 Å². The summed E-state index contributed by atoms with van der Waals surface area (Å²) in [6, 6.07) is 9.48. The van der Waals surface area contributed by atoms with E-state index in [1.54, 1.807) is 36.4 Å². The van der Waals surface area contributed by atoms with Crippen LogP contribution in [0.15, 0.2) is 45.6 Å². The molecule has 4 aromatic rings. The Balaban J connectivity index is 1.81. The van der Waals surface area contributed by atoms with Crippen LogP contribution in [0.1, 0.15) is 52.5 Å². The summed E-state index contributed by atoms with van der Waals surface area (Å²) in [7, 11) is 4.53. The molecule has 0 unspecified atom stereocenters. The number of para-hydroxylation sites is 1. The molecule has 0 fully saturated rings. The lowest BCUT2D eigenvalue weighted by molar-refractivity contribution is 0.0970. The first-order valence-corrected chi connectivity index (χ1v) is 11.7. The zero-order chi connectivity index (χ0) is 24.9. The van der Waals surface area contributed by atoms with Crippen LogP contribution in [-0.4, -0.2) is 37.4 Å². The van der Waals surface area contributed by atoms with Crippen molar-refractivity contribution >= 4 is 33.3 Å². The molecule has 1 amide bonds. The van der Waals surface area contributed by atoms with E-state index in [2.05, 4.69) is 10.2 Å². The third kappa shape index (κ3) is 3.52. The Kier molecular flexibility index (Phi) is 5.68. The van der Waals surface area contributed by atoms with Gasteiger partial charge in [0.05, 0.1) is 38.3 Å². The summed E-state index contributed by atoms with van der Waals surface area (Å²) in [6.45, 7) is 4.00. The zero-order valence-electron chi connectivity index (χ0n) is 19.8. The zero-order valence-corrected chi connectivity index (χ0v) is 20.6. The first kappa shape index (κ1) is 22.9. The van der Waals surface area contributed by atoms with Gasteiger partial charge in [-0.3, -0.25) is 14.5 Å². The monoisotopic (exact) mass is 493 g/mol. The molecule has 1 aliphatic heterocycles. The highest BCUT2D eigenvalue weighted by Crippen LogP contribution is 2.47. The van der Waals surface area contributed by atoms with E-state index in [-0.39, 0.29) is 22.7 Å². The Morgan fingerprint density at radius 1 is 1.00 bits per heavy atom. The summed E-state index contributed by atoms with van der Waals surface area (Å²) >= 11 is 1.30. The first-order chi connectivity index (χ1) is 16.9. The van der Waals surface area contributed by atoms with Gasteiger partial charge in [-0.1, -0.05) is 37.3 Å². The van der Waals surface area contributed by atoms with Crippen molar-refractivity contribution in [1.82, 2.24) is 10.2 Å². The average molecular weight is 494 g/mol. The molecule has 180 valence electrons. The van der Waals surface area contributed by atoms with Gasteiger partial charge in [0.15, 0.2) is 16.9 Å². The minimum Gasteiger partial charge on any atom is -0.493 e. The molecule has 0 aliphatic carbocycles. The van der Waals surface area contributed by atoms with Gasteiger partial charge in [0.2, 0.25) is 16.6 Å². The van der Waals surface area contributed by atoms with Crippen LogP contribution in [0, 0.1) is 0 Å². The fraction of sp³-hybridized carbons (Fsp3) is 0.280. The molecule has 10 heteroatoms. The molecule has 35 heavy (non-hydrogen) atoms. The molecule has 0 bridgehead atoms. The van der Waals surface area contributed by atoms with Crippen LogP contribution < -0.4 is 24.5 Å². The van der Waals surface area contributed by atoms with Crippen LogP contribution in [0.2, 0.25) is 0 Å². The number of carbonyl (C=O) groups excluding carboxylic acids is 1. The summed E-state index contributed by atoms with van der Waals surface area (Å²) < 4.78 is 22.5. The molecule has 5 rings (SSSR count). The quantitative estimate of drug-likeness (QED) is 0.386. The van der Waals surface area contributed by atoms with Crippen LogP contribution in [0.4, 0.5) is 5.13 Å². The van der Waals surface area contributed by atoms with E-state index in [9.17, 15) is 9.59 Å². The predicted molar refractivity (Wildman–Crippen MR) is 131 cm³/mol. The minimum absolute atomic E-state index is 0.0197. The van der Waals surface area contributed by atoms with E-state index >= 15 is 0 Å². The number of amides is 1. The van der Waals surface area contributed by atoms with Crippen LogP contribution in [0.3, 0.4) is 0 Å². The maximum atomic E-state index is 13.7. The third-order valence-corrected chi connectivity index (χ3v) is 7.13. The molecule has 1 aliphatic rings. The molecular weight excluding hydrogens is 470 g/mol. The third-order valence-electron chi connectivity index (χ3n) is 5.91. The lowest BCUT2D eigenvalue weighted by Crippen LogP contribution is -2.29. The van der Waals surface area contributed by atoms with E-state index in [1.807, 2.05) is 13.8 Å². The summed E-state index contributed by atoms with van der Waals surface area (Å²) in [6.07, 6.45) is 0. The van der Waals surface area contributed by atoms with Crippen molar-refractivity contribution in [2.24, 2.45) is 0 Å². The lowest BCUT2D eigenvalue weighted by atomic mass is 9.98. The summed E-state index contributed by atoms with van der Waals surface area (Å²) in [5.41, 5.74) is 0.861. The molecule has 0 saturated heterocycles. The molecule has 0 saturated carbocycles. The van der Waals surface area contributed by atoms with Crippen molar-refractivity contribution in [3.8, 4) is 17.2 Å². The second kappa shape index (κ2) is 8.70. The molecule has 2 aromatic carbocycles. The van der Waals surface area contributed by atoms with Gasteiger partial charge in [-0.05, 0) is 29.8 Å². The number of rotatable bonds is 6. The molecular formula is C25H23N3O6S. The van der Waals surface area contributed by atoms with E-state index in [4.69, 9.17) is 18.6 Å². The van der Waals surface area contributed by atoms with Crippen LogP contribution >= 0.6 is 11.3 Å². The fourth-order valence-corrected chi connectivity index (χ4v) is 5.12. The van der Waals surface area contributed by atoms with Crippen molar-refractivity contribution in [1.29, 1.82) is 0 Å². The number of hydrogen-bond acceptors (Lipinski definition) is 9. The second-order valence-corrected chi connectivity index (χ2v) is 9.27. The number of hydrogen-bond donors (Lipinski definition) is 0. The Morgan fingerprint density at radius 3 is 2.29 bits per heavy atom. The van der Waals surface area contributed by atoms with Gasteiger partial charge >= 0.3 is 0 Å². The van der Waals surface area contributed by atoms with Crippen LogP contribution in [0.25, 0.3) is 11.0 Å². The van der Waals surface area contributed by atoms with Crippen molar-refractivity contribution in [2.45, 2.75) is 25.8 Å². The number of ether oxygens (including phenoxy) is 3. The molecule has 0 radical (unpaired) electrons. The van der Waals surface area contributed by atoms with Crippen LogP contribution in [0.5, 0.6) is 17.2 Å². The standard InChI is InChI=1S/C25H23N3O6S/c1-12(2)23-26-27-25(35-23)28-19(13-10-16(31-3)21(33-5)17(11-13)32-4)18-20(29)14-8-6-7-9-15(14)34-22(18)24(28)30/h6-12,19H,1-5H3/t19-/m1/s1. The van der Waals surface area contributed by atoms with E-state index in [0.29, 0.717) is 38.9 Å². The maximum Gasteiger partial charge on any atom is 0.297 e. The Hall–Kier alpha value is -3.92. The molecule has 2 aromatic heterocycles. The number of carbonyl (C=O) groups is 1. The fourth-order valence-electron chi connectivity index (χ4n) is 4.25. The maximum absolute atomic E-state index is 13.7. The van der Waals surface area contributed by atoms with Gasteiger partial charge in [0, 0.05) is 5.92 Å². The Morgan fingerprint density at radius 2 is 1.69 bits per heavy atom. The summed E-state index contributed by atoms with van der Waals surface area (Å²) in [5.74, 6) is 0.838. The molecule has 0 spiro atoms. The largest absolute Gasteiger partial charge is 0.493 e.